The predicted molar refractivity (Wildman–Crippen MR) is 116 cm³/mol. The molecular formula is C20H18ClN7O2. The van der Waals surface area contributed by atoms with Crippen LogP contribution in [0.25, 0.3) is 22.2 Å². The van der Waals surface area contributed by atoms with Crippen molar-refractivity contribution in [2.45, 2.75) is 0 Å². The molecule has 2 amide bonds. The van der Waals surface area contributed by atoms with Crippen molar-refractivity contribution in [2.24, 2.45) is 7.05 Å². The molecular weight excluding hydrogens is 406 g/mol. The van der Waals surface area contributed by atoms with Gasteiger partial charge in [0.1, 0.15) is 11.0 Å². The smallest absolute Gasteiger partial charge is 0.337 e. The zero-order valence-electron chi connectivity index (χ0n) is 16.2. The molecule has 0 saturated heterocycles. The van der Waals surface area contributed by atoms with Crippen LogP contribution in [0.1, 0.15) is 0 Å². The first-order valence-corrected chi connectivity index (χ1v) is 9.34. The summed E-state index contributed by atoms with van der Waals surface area (Å²) >= 11 is 5.92. The zero-order valence-corrected chi connectivity index (χ0v) is 16.9. The van der Waals surface area contributed by atoms with Gasteiger partial charge in [-0.05, 0) is 23.3 Å². The minimum absolute atomic E-state index is 0.202. The number of pyridine rings is 2. The number of anilines is 2. The standard InChI is InChI=1S/C20H18ClN7O2/c1-28-19-15(11-22-28)14(12-6-4-3-5-7-12)10-17(25-19)26-27-20(29)23-13-8-16(21)24-18(9-13)30-2/h3-11H,1-2H3,(H,25,26)(H2,23,24,27,29). The van der Waals surface area contributed by atoms with Gasteiger partial charge in [-0.2, -0.15) is 5.10 Å². The van der Waals surface area contributed by atoms with Crippen LogP contribution in [-0.2, 0) is 7.05 Å². The molecule has 0 aliphatic heterocycles. The molecule has 152 valence electrons. The lowest BCUT2D eigenvalue weighted by atomic mass is 10.0. The van der Waals surface area contributed by atoms with Crippen LogP contribution in [0.5, 0.6) is 5.88 Å². The fourth-order valence-corrected chi connectivity index (χ4v) is 3.17. The highest BCUT2D eigenvalue weighted by Crippen LogP contribution is 2.29. The van der Waals surface area contributed by atoms with Crippen molar-refractivity contribution in [2.75, 3.05) is 17.9 Å². The first-order valence-electron chi connectivity index (χ1n) is 8.96. The van der Waals surface area contributed by atoms with Gasteiger partial charge in [-0.25, -0.2) is 14.8 Å². The minimum Gasteiger partial charge on any atom is -0.481 e. The molecule has 0 radical (unpaired) electrons. The molecule has 0 fully saturated rings. The van der Waals surface area contributed by atoms with Crippen molar-refractivity contribution in [1.29, 1.82) is 0 Å². The SMILES string of the molecule is COc1cc(NC(=O)NNc2cc(-c3ccccc3)c3cnn(C)c3n2)cc(Cl)n1. The topological polar surface area (TPSA) is 106 Å². The Hall–Kier alpha value is -3.85. The van der Waals surface area contributed by atoms with Gasteiger partial charge < -0.3 is 10.1 Å². The third-order valence-corrected chi connectivity index (χ3v) is 4.53. The third kappa shape index (κ3) is 4.11. The molecule has 0 atom stereocenters. The number of urea groups is 1. The van der Waals surface area contributed by atoms with Crippen LogP contribution in [0.2, 0.25) is 5.15 Å². The largest absolute Gasteiger partial charge is 0.481 e. The number of rotatable bonds is 5. The number of halogens is 1. The van der Waals surface area contributed by atoms with Crippen LogP contribution in [-0.4, -0.2) is 32.9 Å². The predicted octanol–water partition coefficient (Wildman–Crippen LogP) is 3.84. The van der Waals surface area contributed by atoms with Gasteiger partial charge in [0.25, 0.3) is 0 Å². The average Bonchev–Trinajstić information content (AvgIpc) is 3.12. The van der Waals surface area contributed by atoms with Gasteiger partial charge in [0.05, 0.1) is 19.0 Å². The molecule has 1 aromatic carbocycles. The lowest BCUT2D eigenvalue weighted by Gasteiger charge is -2.12. The number of nitrogens with one attached hydrogen (secondary N) is 3. The Labute approximate surface area is 177 Å². The Morgan fingerprint density at radius 3 is 2.70 bits per heavy atom. The van der Waals surface area contributed by atoms with Crippen molar-refractivity contribution in [3.8, 4) is 17.0 Å². The molecule has 0 saturated carbocycles. The maximum atomic E-state index is 12.3. The van der Waals surface area contributed by atoms with Gasteiger partial charge in [0.2, 0.25) is 5.88 Å². The summed E-state index contributed by atoms with van der Waals surface area (Å²) in [6, 6.07) is 14.3. The summed E-state index contributed by atoms with van der Waals surface area (Å²) in [4.78, 5) is 20.8. The lowest BCUT2D eigenvalue weighted by Crippen LogP contribution is -2.34. The highest BCUT2D eigenvalue weighted by molar-refractivity contribution is 6.29. The highest BCUT2D eigenvalue weighted by Gasteiger charge is 2.12. The van der Waals surface area contributed by atoms with E-state index in [9.17, 15) is 4.79 Å². The number of aromatic nitrogens is 4. The van der Waals surface area contributed by atoms with Gasteiger partial charge in [0, 0.05) is 18.5 Å². The summed E-state index contributed by atoms with van der Waals surface area (Å²) < 4.78 is 6.72. The number of aryl methyl sites for hydroxylation is 1. The van der Waals surface area contributed by atoms with E-state index < -0.39 is 6.03 Å². The van der Waals surface area contributed by atoms with Crippen molar-refractivity contribution < 1.29 is 9.53 Å². The van der Waals surface area contributed by atoms with Gasteiger partial charge in [-0.3, -0.25) is 15.5 Å². The number of carbonyl (C=O) groups is 1. The molecule has 30 heavy (non-hydrogen) atoms. The number of methoxy groups -OCH3 is 1. The number of benzene rings is 1. The van der Waals surface area contributed by atoms with E-state index in [1.54, 1.807) is 16.9 Å². The Morgan fingerprint density at radius 1 is 1.13 bits per heavy atom. The molecule has 4 rings (SSSR count). The molecule has 0 unspecified atom stereocenters. The Bertz CT molecular complexity index is 1210. The normalized spacial score (nSPS) is 10.6. The second-order valence-corrected chi connectivity index (χ2v) is 6.74. The number of carbonyl (C=O) groups excluding carboxylic acids is 1. The summed E-state index contributed by atoms with van der Waals surface area (Å²) in [7, 11) is 3.28. The summed E-state index contributed by atoms with van der Waals surface area (Å²) in [5.41, 5.74) is 8.48. The highest BCUT2D eigenvalue weighted by atomic mass is 35.5. The number of nitrogens with zero attached hydrogens (tertiary/aromatic N) is 4. The second-order valence-electron chi connectivity index (χ2n) is 6.35. The maximum Gasteiger partial charge on any atom is 0.337 e. The van der Waals surface area contributed by atoms with Gasteiger partial charge in [-0.1, -0.05) is 41.9 Å². The summed E-state index contributed by atoms with van der Waals surface area (Å²) in [5, 5.41) is 8.07. The number of hydrogen-bond acceptors (Lipinski definition) is 6. The summed E-state index contributed by atoms with van der Waals surface area (Å²) in [6.45, 7) is 0. The van der Waals surface area contributed by atoms with E-state index in [0.29, 0.717) is 23.0 Å². The van der Waals surface area contributed by atoms with E-state index in [2.05, 4.69) is 31.2 Å². The fourth-order valence-electron chi connectivity index (χ4n) is 2.97. The van der Waals surface area contributed by atoms with E-state index in [0.717, 1.165) is 16.5 Å². The molecule has 0 aliphatic carbocycles. The minimum atomic E-state index is -0.507. The van der Waals surface area contributed by atoms with Crippen LogP contribution >= 0.6 is 11.6 Å². The molecule has 0 aliphatic rings. The van der Waals surface area contributed by atoms with Gasteiger partial charge in [-0.15, -0.1) is 0 Å². The van der Waals surface area contributed by atoms with Crippen LogP contribution < -0.4 is 20.9 Å². The van der Waals surface area contributed by atoms with E-state index >= 15 is 0 Å². The van der Waals surface area contributed by atoms with E-state index in [1.165, 1.54) is 13.2 Å². The van der Waals surface area contributed by atoms with Crippen molar-refractivity contribution in [1.82, 2.24) is 25.2 Å². The molecule has 3 N–H and O–H groups in total. The van der Waals surface area contributed by atoms with Crippen LogP contribution in [0.15, 0.2) is 54.7 Å². The first-order chi connectivity index (χ1) is 14.5. The van der Waals surface area contributed by atoms with E-state index in [4.69, 9.17) is 16.3 Å². The van der Waals surface area contributed by atoms with Gasteiger partial charge >= 0.3 is 6.03 Å². The quantitative estimate of drug-likeness (QED) is 0.332. The second kappa shape index (κ2) is 8.26. The Kier molecular flexibility index (Phi) is 5.36. The number of ether oxygens (including phenoxy) is 1. The number of fused-ring (bicyclic) bond motifs is 1. The van der Waals surface area contributed by atoms with Crippen molar-refractivity contribution in [3.63, 3.8) is 0 Å². The summed E-state index contributed by atoms with van der Waals surface area (Å²) in [6.07, 6.45) is 1.77. The fraction of sp³-hybridized carbons (Fsp3) is 0.100. The van der Waals surface area contributed by atoms with Crippen LogP contribution in [0.4, 0.5) is 16.3 Å². The van der Waals surface area contributed by atoms with Crippen molar-refractivity contribution in [3.05, 3.63) is 59.9 Å². The van der Waals surface area contributed by atoms with Crippen LogP contribution in [0, 0.1) is 0 Å². The average molecular weight is 424 g/mol. The lowest BCUT2D eigenvalue weighted by molar-refractivity contribution is 0.254. The third-order valence-electron chi connectivity index (χ3n) is 4.33. The number of amides is 2. The van der Waals surface area contributed by atoms with Crippen LogP contribution in [0.3, 0.4) is 0 Å². The molecule has 9 nitrogen and oxygen atoms in total. The first kappa shape index (κ1) is 19.5. The number of hydrogen-bond donors (Lipinski definition) is 3. The summed E-state index contributed by atoms with van der Waals surface area (Å²) in [5.74, 6) is 0.757. The molecule has 3 aromatic heterocycles. The Balaban J connectivity index is 1.55. The monoisotopic (exact) mass is 423 g/mol. The Morgan fingerprint density at radius 2 is 1.93 bits per heavy atom. The van der Waals surface area contributed by atoms with E-state index in [1.807, 2.05) is 43.4 Å². The molecule has 0 bridgehead atoms. The molecule has 10 heteroatoms. The maximum absolute atomic E-state index is 12.3. The molecule has 4 aromatic rings. The van der Waals surface area contributed by atoms with E-state index in [-0.39, 0.29) is 5.15 Å². The number of hydrazine groups is 1. The van der Waals surface area contributed by atoms with Crippen molar-refractivity contribution >= 4 is 40.2 Å². The zero-order chi connectivity index (χ0) is 21.1. The molecule has 3 heterocycles. The molecule has 0 spiro atoms. The van der Waals surface area contributed by atoms with Gasteiger partial charge in [0.15, 0.2) is 5.65 Å².